The summed E-state index contributed by atoms with van der Waals surface area (Å²) in [5, 5.41) is 12.5. The van der Waals surface area contributed by atoms with Gasteiger partial charge in [-0.2, -0.15) is 5.26 Å². The molecule has 0 aromatic heterocycles. The minimum atomic E-state index is 0.259. The molecule has 1 unspecified atom stereocenters. The van der Waals surface area contributed by atoms with Crippen LogP contribution in [-0.4, -0.2) is 6.54 Å². The Morgan fingerprint density at radius 3 is 1.81 bits per heavy atom. The zero-order valence-electron chi connectivity index (χ0n) is 15.1. The predicted molar refractivity (Wildman–Crippen MR) is 107 cm³/mol. The van der Waals surface area contributed by atoms with Crippen LogP contribution in [0.4, 0.5) is 0 Å². The van der Waals surface area contributed by atoms with Crippen molar-refractivity contribution in [1.82, 2.24) is 5.32 Å². The lowest BCUT2D eigenvalue weighted by Gasteiger charge is -2.20. The Balaban J connectivity index is 1.65. The van der Waals surface area contributed by atoms with Crippen LogP contribution in [0.1, 0.15) is 47.6 Å². The average molecular weight is 340 g/mol. The van der Waals surface area contributed by atoms with Gasteiger partial charge >= 0.3 is 0 Å². The van der Waals surface area contributed by atoms with E-state index in [0.29, 0.717) is 11.5 Å². The normalized spacial score (nSPS) is 11.9. The summed E-state index contributed by atoms with van der Waals surface area (Å²) in [5.74, 6) is 0.387. The lowest BCUT2D eigenvalue weighted by molar-refractivity contribution is 0.540. The quantitative estimate of drug-likeness (QED) is 0.622. The van der Waals surface area contributed by atoms with Crippen LogP contribution in [0.25, 0.3) is 0 Å². The predicted octanol–water partition coefficient (Wildman–Crippen LogP) is 5.43. The van der Waals surface area contributed by atoms with Gasteiger partial charge in [-0.05, 0) is 48.7 Å². The maximum absolute atomic E-state index is 8.92. The molecule has 0 aliphatic carbocycles. The van der Waals surface area contributed by atoms with E-state index in [9.17, 15) is 0 Å². The number of hydrogen-bond donors (Lipinski definition) is 1. The van der Waals surface area contributed by atoms with Gasteiger partial charge in [-0.15, -0.1) is 0 Å². The van der Waals surface area contributed by atoms with Crippen LogP contribution < -0.4 is 5.32 Å². The Labute approximate surface area is 156 Å². The second-order valence-electron chi connectivity index (χ2n) is 6.57. The summed E-state index contributed by atoms with van der Waals surface area (Å²) in [7, 11) is 0. The summed E-state index contributed by atoms with van der Waals surface area (Å²) >= 11 is 0. The second kappa shape index (κ2) is 8.99. The van der Waals surface area contributed by atoms with Crippen molar-refractivity contribution in [2.75, 3.05) is 6.54 Å². The maximum Gasteiger partial charge on any atom is 0.0991 e. The Morgan fingerprint density at radius 1 is 0.769 bits per heavy atom. The molecule has 1 atom stereocenters. The molecule has 0 saturated heterocycles. The molecular formula is C24H24N2. The lowest BCUT2D eigenvalue weighted by Crippen LogP contribution is -2.21. The lowest BCUT2D eigenvalue weighted by atomic mass is 9.88. The van der Waals surface area contributed by atoms with Gasteiger partial charge in [-0.3, -0.25) is 0 Å². The van der Waals surface area contributed by atoms with Crippen molar-refractivity contribution in [2.45, 2.75) is 25.3 Å². The highest BCUT2D eigenvalue weighted by molar-refractivity contribution is 5.33. The van der Waals surface area contributed by atoms with Crippen molar-refractivity contribution in [2.24, 2.45) is 0 Å². The third-order valence-corrected chi connectivity index (χ3v) is 4.83. The molecule has 0 radical (unpaired) electrons. The van der Waals surface area contributed by atoms with Crippen molar-refractivity contribution >= 4 is 0 Å². The van der Waals surface area contributed by atoms with Gasteiger partial charge in [0.1, 0.15) is 0 Å². The summed E-state index contributed by atoms with van der Waals surface area (Å²) in [6.07, 6.45) is 1.04. The number of nitrogens with zero attached hydrogens (tertiary/aromatic N) is 1. The monoisotopic (exact) mass is 340 g/mol. The molecule has 3 aromatic rings. The van der Waals surface area contributed by atoms with E-state index in [0.717, 1.165) is 13.0 Å². The standard InChI is InChI=1S/C24H24N2/c1-19(21-14-12-20(18-25)13-15-21)26-17-16-24(22-8-4-2-5-9-22)23-10-6-3-7-11-23/h2-15,19,24,26H,16-17H2,1H3. The van der Waals surface area contributed by atoms with E-state index in [1.165, 1.54) is 16.7 Å². The molecular weight excluding hydrogens is 316 g/mol. The van der Waals surface area contributed by atoms with E-state index in [1.807, 2.05) is 24.3 Å². The molecule has 0 heterocycles. The Kier molecular flexibility index (Phi) is 6.19. The van der Waals surface area contributed by atoms with Crippen molar-refractivity contribution < 1.29 is 0 Å². The topological polar surface area (TPSA) is 35.8 Å². The molecule has 0 aliphatic heterocycles. The van der Waals surface area contributed by atoms with Gasteiger partial charge in [0.25, 0.3) is 0 Å². The summed E-state index contributed by atoms with van der Waals surface area (Å²) in [6.45, 7) is 3.09. The summed E-state index contributed by atoms with van der Waals surface area (Å²) < 4.78 is 0. The molecule has 0 spiro atoms. The highest BCUT2D eigenvalue weighted by Crippen LogP contribution is 2.27. The van der Waals surface area contributed by atoms with Crippen LogP contribution >= 0.6 is 0 Å². The number of nitriles is 1. The van der Waals surface area contributed by atoms with Crippen LogP contribution in [0.15, 0.2) is 84.9 Å². The van der Waals surface area contributed by atoms with E-state index >= 15 is 0 Å². The molecule has 1 N–H and O–H groups in total. The third-order valence-electron chi connectivity index (χ3n) is 4.83. The minimum Gasteiger partial charge on any atom is -0.310 e. The van der Waals surface area contributed by atoms with E-state index in [4.69, 9.17) is 5.26 Å². The van der Waals surface area contributed by atoms with Gasteiger partial charge in [-0.1, -0.05) is 72.8 Å². The Hall–Kier alpha value is -2.89. The number of benzene rings is 3. The molecule has 3 rings (SSSR count). The number of nitrogens with one attached hydrogen (secondary N) is 1. The fourth-order valence-corrected chi connectivity index (χ4v) is 3.30. The number of hydrogen-bond acceptors (Lipinski definition) is 2. The van der Waals surface area contributed by atoms with Gasteiger partial charge in [0.05, 0.1) is 11.6 Å². The summed E-state index contributed by atoms with van der Waals surface area (Å²) in [5.41, 5.74) is 4.62. The third kappa shape index (κ3) is 4.59. The van der Waals surface area contributed by atoms with Crippen molar-refractivity contribution in [3.05, 3.63) is 107 Å². The van der Waals surface area contributed by atoms with Crippen LogP contribution in [0, 0.1) is 11.3 Å². The molecule has 130 valence electrons. The molecule has 0 fully saturated rings. The highest BCUT2D eigenvalue weighted by Gasteiger charge is 2.14. The van der Waals surface area contributed by atoms with Crippen LogP contribution in [-0.2, 0) is 0 Å². The van der Waals surface area contributed by atoms with Crippen molar-refractivity contribution in [3.8, 4) is 6.07 Å². The Bertz CT molecular complexity index is 793. The smallest absolute Gasteiger partial charge is 0.0991 e. The van der Waals surface area contributed by atoms with Crippen LogP contribution in [0.5, 0.6) is 0 Å². The molecule has 26 heavy (non-hydrogen) atoms. The zero-order valence-corrected chi connectivity index (χ0v) is 15.1. The molecule has 0 saturated carbocycles. The van der Waals surface area contributed by atoms with E-state index < -0.39 is 0 Å². The number of rotatable bonds is 7. The van der Waals surface area contributed by atoms with Crippen molar-refractivity contribution in [1.29, 1.82) is 5.26 Å². The van der Waals surface area contributed by atoms with E-state index in [-0.39, 0.29) is 6.04 Å². The van der Waals surface area contributed by atoms with Gasteiger partial charge in [-0.25, -0.2) is 0 Å². The van der Waals surface area contributed by atoms with Crippen LogP contribution in [0.3, 0.4) is 0 Å². The second-order valence-corrected chi connectivity index (χ2v) is 6.57. The van der Waals surface area contributed by atoms with Gasteiger partial charge in [0.2, 0.25) is 0 Å². The largest absolute Gasteiger partial charge is 0.310 e. The maximum atomic E-state index is 8.92. The molecule has 2 nitrogen and oxygen atoms in total. The summed E-state index contributed by atoms with van der Waals surface area (Å²) in [6, 6.07) is 31.7. The van der Waals surface area contributed by atoms with E-state index in [2.05, 4.69) is 79.0 Å². The van der Waals surface area contributed by atoms with E-state index in [1.54, 1.807) is 0 Å². The van der Waals surface area contributed by atoms with Crippen LogP contribution in [0.2, 0.25) is 0 Å². The highest BCUT2D eigenvalue weighted by atomic mass is 14.9. The van der Waals surface area contributed by atoms with Gasteiger partial charge < -0.3 is 5.32 Å². The fraction of sp³-hybridized carbons (Fsp3) is 0.208. The zero-order chi connectivity index (χ0) is 18.2. The average Bonchev–Trinajstić information content (AvgIpc) is 2.72. The first-order valence-corrected chi connectivity index (χ1v) is 9.11. The molecule has 0 aliphatic rings. The first-order chi connectivity index (χ1) is 12.8. The first-order valence-electron chi connectivity index (χ1n) is 9.11. The Morgan fingerprint density at radius 2 is 1.31 bits per heavy atom. The summed E-state index contributed by atoms with van der Waals surface area (Å²) in [4.78, 5) is 0. The molecule has 3 aromatic carbocycles. The van der Waals surface area contributed by atoms with Crippen molar-refractivity contribution in [3.63, 3.8) is 0 Å². The molecule has 0 bridgehead atoms. The van der Waals surface area contributed by atoms with Gasteiger partial charge in [0, 0.05) is 12.0 Å². The minimum absolute atomic E-state index is 0.259. The molecule has 2 heteroatoms. The molecule has 0 amide bonds. The fourth-order valence-electron chi connectivity index (χ4n) is 3.30. The van der Waals surface area contributed by atoms with Gasteiger partial charge in [0.15, 0.2) is 0 Å². The first kappa shape index (κ1) is 17.9. The SMILES string of the molecule is CC(NCCC(c1ccccc1)c1ccccc1)c1ccc(C#N)cc1.